The highest BCUT2D eigenvalue weighted by Crippen LogP contribution is 2.24. The minimum absolute atomic E-state index is 0.0260. The molecule has 0 bridgehead atoms. The second-order valence-electron chi connectivity index (χ2n) is 8.11. The van der Waals surface area contributed by atoms with E-state index in [0.717, 1.165) is 24.3 Å². The second kappa shape index (κ2) is 6.74. The minimum atomic E-state index is -0.133. The fraction of sp³-hybridized carbons (Fsp3) is 0.550. The van der Waals surface area contributed by atoms with Gasteiger partial charge in [-0.1, -0.05) is 20.8 Å². The Morgan fingerprint density at radius 2 is 2.04 bits per heavy atom. The third kappa shape index (κ3) is 3.59. The molecule has 3 rings (SSSR count). The van der Waals surface area contributed by atoms with Crippen molar-refractivity contribution in [2.45, 2.75) is 65.5 Å². The molecule has 6 heteroatoms. The summed E-state index contributed by atoms with van der Waals surface area (Å²) >= 11 is 0. The van der Waals surface area contributed by atoms with E-state index in [4.69, 9.17) is 4.42 Å². The molecule has 1 unspecified atom stereocenters. The lowest BCUT2D eigenvalue weighted by molar-refractivity contribution is 0.0718. The van der Waals surface area contributed by atoms with Gasteiger partial charge in [0.25, 0.3) is 11.5 Å². The van der Waals surface area contributed by atoms with Gasteiger partial charge in [0.15, 0.2) is 0 Å². The highest BCUT2D eigenvalue weighted by atomic mass is 16.3. The molecule has 1 fully saturated rings. The lowest BCUT2D eigenvalue weighted by Crippen LogP contribution is -2.41. The molecular weight excluding hydrogens is 330 g/mol. The number of amides is 1. The van der Waals surface area contributed by atoms with Crippen molar-refractivity contribution in [1.82, 2.24) is 14.7 Å². The Morgan fingerprint density at radius 1 is 1.31 bits per heavy atom. The van der Waals surface area contributed by atoms with E-state index in [0.29, 0.717) is 24.4 Å². The molecule has 0 aromatic carbocycles. The van der Waals surface area contributed by atoms with Crippen LogP contribution in [-0.2, 0) is 12.0 Å². The minimum Gasteiger partial charge on any atom is -0.466 e. The second-order valence-corrected chi connectivity index (χ2v) is 8.11. The molecule has 140 valence electrons. The number of nitrogens with zero attached hydrogens (tertiary/aromatic N) is 3. The molecule has 3 heterocycles. The van der Waals surface area contributed by atoms with Crippen LogP contribution in [0.1, 0.15) is 61.2 Å². The van der Waals surface area contributed by atoms with Gasteiger partial charge in [-0.15, -0.1) is 0 Å². The molecule has 1 amide bonds. The van der Waals surface area contributed by atoms with Crippen molar-refractivity contribution < 1.29 is 9.21 Å². The topological polar surface area (TPSA) is 68.3 Å². The smallest absolute Gasteiger partial charge is 0.266 e. The van der Waals surface area contributed by atoms with Gasteiger partial charge in [0.05, 0.1) is 23.8 Å². The van der Waals surface area contributed by atoms with Gasteiger partial charge in [0.2, 0.25) is 0 Å². The Labute approximate surface area is 153 Å². The van der Waals surface area contributed by atoms with Crippen molar-refractivity contribution in [3.8, 4) is 0 Å². The van der Waals surface area contributed by atoms with E-state index in [1.54, 1.807) is 18.2 Å². The van der Waals surface area contributed by atoms with E-state index in [2.05, 4.69) is 25.9 Å². The van der Waals surface area contributed by atoms with Gasteiger partial charge in [0.1, 0.15) is 11.5 Å². The lowest BCUT2D eigenvalue weighted by atomic mass is 9.92. The summed E-state index contributed by atoms with van der Waals surface area (Å²) in [7, 11) is 0. The monoisotopic (exact) mass is 357 g/mol. The molecular formula is C20H27N3O3. The number of aryl methyl sites for hydroxylation is 2. The number of hydrogen-bond acceptors (Lipinski definition) is 4. The first kappa shape index (κ1) is 18.4. The molecule has 26 heavy (non-hydrogen) atoms. The Morgan fingerprint density at radius 3 is 2.65 bits per heavy atom. The van der Waals surface area contributed by atoms with Crippen LogP contribution in [0.2, 0.25) is 0 Å². The van der Waals surface area contributed by atoms with E-state index in [1.807, 2.05) is 18.7 Å². The molecule has 1 aliphatic heterocycles. The van der Waals surface area contributed by atoms with Crippen LogP contribution in [0.4, 0.5) is 0 Å². The predicted octanol–water partition coefficient (Wildman–Crippen LogP) is 3.06. The number of likely N-dealkylation sites (tertiary alicyclic amines) is 1. The first-order valence-corrected chi connectivity index (χ1v) is 9.13. The van der Waals surface area contributed by atoms with Crippen LogP contribution in [0.3, 0.4) is 0 Å². The van der Waals surface area contributed by atoms with Gasteiger partial charge in [-0.2, -0.15) is 5.10 Å². The third-order valence-corrected chi connectivity index (χ3v) is 4.93. The summed E-state index contributed by atoms with van der Waals surface area (Å²) in [4.78, 5) is 27.1. The van der Waals surface area contributed by atoms with Crippen LogP contribution in [0.5, 0.6) is 0 Å². The van der Waals surface area contributed by atoms with Gasteiger partial charge >= 0.3 is 0 Å². The molecule has 1 atom stereocenters. The van der Waals surface area contributed by atoms with E-state index in [1.165, 1.54) is 4.68 Å². The number of furan rings is 1. The first-order valence-electron chi connectivity index (χ1n) is 9.13. The largest absolute Gasteiger partial charge is 0.466 e. The first-order chi connectivity index (χ1) is 12.2. The summed E-state index contributed by atoms with van der Waals surface area (Å²) in [5, 5.41) is 4.54. The Balaban J connectivity index is 1.85. The fourth-order valence-electron chi connectivity index (χ4n) is 3.47. The molecule has 1 saturated heterocycles. The average molecular weight is 357 g/mol. The lowest BCUT2D eigenvalue weighted by Gasteiger charge is -2.25. The Kier molecular flexibility index (Phi) is 4.78. The van der Waals surface area contributed by atoms with Crippen molar-refractivity contribution in [3.05, 3.63) is 51.3 Å². The summed E-state index contributed by atoms with van der Waals surface area (Å²) in [6, 6.07) is 5.11. The quantitative estimate of drug-likeness (QED) is 0.847. The summed E-state index contributed by atoms with van der Waals surface area (Å²) in [5.41, 5.74) is 1.21. The summed E-state index contributed by atoms with van der Waals surface area (Å²) in [5.74, 6) is 1.35. The van der Waals surface area contributed by atoms with Crippen LogP contribution in [0.25, 0.3) is 0 Å². The van der Waals surface area contributed by atoms with Crippen LogP contribution >= 0.6 is 0 Å². The Hall–Kier alpha value is -2.37. The molecule has 0 N–H and O–H groups in total. The van der Waals surface area contributed by atoms with E-state index in [-0.39, 0.29) is 22.9 Å². The molecule has 0 radical (unpaired) electrons. The van der Waals surface area contributed by atoms with Crippen LogP contribution in [0.15, 0.2) is 27.4 Å². The highest BCUT2D eigenvalue weighted by Gasteiger charge is 2.32. The fourth-order valence-corrected chi connectivity index (χ4v) is 3.47. The summed E-state index contributed by atoms with van der Waals surface area (Å²) in [6.07, 6.45) is 1.80. The van der Waals surface area contributed by atoms with Gasteiger partial charge in [-0.3, -0.25) is 9.59 Å². The zero-order valence-corrected chi connectivity index (χ0v) is 16.2. The number of carbonyl (C=O) groups excluding carboxylic acids is 1. The SMILES string of the molecule is Cc1cc(C(=O)N2CCCC2Cn2nc(C(C)(C)C)ccc2=O)c(C)o1. The van der Waals surface area contributed by atoms with Crippen molar-refractivity contribution in [2.24, 2.45) is 0 Å². The number of hydrogen-bond donors (Lipinski definition) is 0. The maximum atomic E-state index is 13.0. The zero-order valence-electron chi connectivity index (χ0n) is 16.2. The molecule has 6 nitrogen and oxygen atoms in total. The van der Waals surface area contributed by atoms with Crippen molar-refractivity contribution >= 4 is 5.91 Å². The van der Waals surface area contributed by atoms with Gasteiger partial charge < -0.3 is 9.32 Å². The predicted molar refractivity (Wildman–Crippen MR) is 99.4 cm³/mol. The Bertz CT molecular complexity index is 873. The van der Waals surface area contributed by atoms with E-state index in [9.17, 15) is 9.59 Å². The van der Waals surface area contributed by atoms with Crippen molar-refractivity contribution in [3.63, 3.8) is 0 Å². The molecule has 2 aromatic rings. The number of rotatable bonds is 3. The summed E-state index contributed by atoms with van der Waals surface area (Å²) in [6.45, 7) is 11.0. The summed E-state index contributed by atoms with van der Waals surface area (Å²) < 4.78 is 7.01. The highest BCUT2D eigenvalue weighted by molar-refractivity contribution is 5.95. The van der Waals surface area contributed by atoms with Crippen molar-refractivity contribution in [1.29, 1.82) is 0 Å². The van der Waals surface area contributed by atoms with Crippen LogP contribution in [0, 0.1) is 13.8 Å². The molecule has 2 aromatic heterocycles. The van der Waals surface area contributed by atoms with Crippen LogP contribution in [-0.4, -0.2) is 33.2 Å². The maximum absolute atomic E-state index is 13.0. The standard InChI is InChI=1S/C20H27N3O3/c1-13-11-16(14(2)26-13)19(25)22-10-6-7-15(22)12-23-18(24)9-8-17(21-23)20(3,4)5/h8-9,11,15H,6-7,10,12H2,1-5H3. The number of carbonyl (C=O) groups is 1. The zero-order chi connectivity index (χ0) is 19.1. The molecule has 1 aliphatic rings. The van der Waals surface area contributed by atoms with Crippen LogP contribution < -0.4 is 5.56 Å². The van der Waals surface area contributed by atoms with Gasteiger partial charge in [-0.25, -0.2) is 4.68 Å². The van der Waals surface area contributed by atoms with Crippen molar-refractivity contribution in [2.75, 3.05) is 6.54 Å². The number of aromatic nitrogens is 2. The van der Waals surface area contributed by atoms with Gasteiger partial charge in [0, 0.05) is 18.0 Å². The van der Waals surface area contributed by atoms with Gasteiger partial charge in [-0.05, 0) is 38.8 Å². The van der Waals surface area contributed by atoms with E-state index >= 15 is 0 Å². The molecule has 0 spiro atoms. The normalized spacial score (nSPS) is 17.7. The van der Waals surface area contributed by atoms with E-state index < -0.39 is 0 Å². The maximum Gasteiger partial charge on any atom is 0.266 e. The molecule has 0 saturated carbocycles. The average Bonchev–Trinajstić information content (AvgIpc) is 3.14. The third-order valence-electron chi connectivity index (χ3n) is 4.93. The molecule has 0 aliphatic carbocycles.